The smallest absolute Gasteiger partial charge is 0.225 e. The average Bonchev–Trinajstić information content (AvgIpc) is 2.76. The highest BCUT2D eigenvalue weighted by Crippen LogP contribution is 2.36. The van der Waals surface area contributed by atoms with Crippen molar-refractivity contribution in [2.75, 3.05) is 5.73 Å². The summed E-state index contributed by atoms with van der Waals surface area (Å²) in [5, 5.41) is 3.13. The maximum atomic E-state index is 5.98. The van der Waals surface area contributed by atoms with Crippen molar-refractivity contribution in [3.8, 4) is 11.1 Å². The molecule has 2 N–H and O–H groups in total. The maximum Gasteiger partial charge on any atom is 0.225 e. The van der Waals surface area contributed by atoms with Gasteiger partial charge in [-0.1, -0.05) is 18.2 Å². The van der Waals surface area contributed by atoms with E-state index >= 15 is 0 Å². The van der Waals surface area contributed by atoms with Crippen LogP contribution in [0.5, 0.6) is 0 Å². The highest BCUT2D eigenvalue weighted by atomic mass is 35.5. The number of benzene rings is 1. The second-order valence-electron chi connectivity index (χ2n) is 4.51. The molecule has 3 aromatic rings. The number of nitrogen functional groups attached to an aromatic ring is 1. The molecule has 0 radical (unpaired) electrons. The number of hydrogen-bond donors (Lipinski definition) is 1. The predicted octanol–water partition coefficient (Wildman–Crippen LogP) is 4.21. The number of aryl methyl sites for hydroxylation is 2. The molecule has 96 valence electrons. The van der Waals surface area contributed by atoms with Gasteiger partial charge in [0.25, 0.3) is 0 Å². The molecular weight excluding hydrogens is 278 g/mol. The van der Waals surface area contributed by atoms with Gasteiger partial charge < -0.3 is 5.73 Å². The van der Waals surface area contributed by atoms with E-state index in [9.17, 15) is 0 Å². The van der Waals surface area contributed by atoms with E-state index in [-0.39, 0.29) is 5.28 Å². The molecule has 3 nitrogen and oxygen atoms in total. The van der Waals surface area contributed by atoms with Crippen LogP contribution in [0.3, 0.4) is 0 Å². The van der Waals surface area contributed by atoms with E-state index < -0.39 is 0 Å². The molecule has 0 aliphatic heterocycles. The van der Waals surface area contributed by atoms with Crippen molar-refractivity contribution in [1.29, 1.82) is 0 Å². The van der Waals surface area contributed by atoms with Crippen molar-refractivity contribution in [1.82, 2.24) is 9.97 Å². The molecule has 2 heterocycles. The summed E-state index contributed by atoms with van der Waals surface area (Å²) in [6.45, 7) is 4.20. The second-order valence-corrected chi connectivity index (χ2v) is 5.70. The van der Waals surface area contributed by atoms with Crippen LogP contribution in [0, 0.1) is 13.8 Å². The van der Waals surface area contributed by atoms with E-state index in [0.29, 0.717) is 5.82 Å². The van der Waals surface area contributed by atoms with Crippen LogP contribution in [0.1, 0.15) is 11.1 Å². The summed E-state index contributed by atoms with van der Waals surface area (Å²) in [7, 11) is 0. The SMILES string of the molecule is Cc1ccc(-c2csc3nc(Cl)nc(N)c23)cc1C. The molecule has 2 aromatic heterocycles. The molecule has 19 heavy (non-hydrogen) atoms. The Kier molecular flexibility index (Phi) is 2.92. The molecule has 5 heteroatoms. The van der Waals surface area contributed by atoms with Crippen LogP contribution >= 0.6 is 22.9 Å². The van der Waals surface area contributed by atoms with Gasteiger partial charge in [-0.25, -0.2) is 9.97 Å². The number of hydrogen-bond acceptors (Lipinski definition) is 4. The van der Waals surface area contributed by atoms with Crippen LogP contribution in [0.25, 0.3) is 21.3 Å². The van der Waals surface area contributed by atoms with E-state index in [2.05, 4.69) is 47.4 Å². The first kappa shape index (κ1) is 12.4. The fourth-order valence-electron chi connectivity index (χ4n) is 2.06. The number of rotatable bonds is 1. The average molecular weight is 290 g/mol. The largest absolute Gasteiger partial charge is 0.383 e. The molecule has 0 saturated heterocycles. The van der Waals surface area contributed by atoms with Crippen molar-refractivity contribution in [3.05, 3.63) is 40.0 Å². The third kappa shape index (κ3) is 2.07. The van der Waals surface area contributed by atoms with Crippen molar-refractivity contribution in [3.63, 3.8) is 0 Å². The van der Waals surface area contributed by atoms with Crippen LogP contribution < -0.4 is 5.73 Å². The van der Waals surface area contributed by atoms with E-state index in [1.165, 1.54) is 22.5 Å². The third-order valence-corrected chi connectivity index (χ3v) is 4.29. The van der Waals surface area contributed by atoms with Gasteiger partial charge >= 0.3 is 0 Å². The summed E-state index contributed by atoms with van der Waals surface area (Å²) in [6, 6.07) is 6.36. The molecule has 0 aliphatic rings. The highest BCUT2D eigenvalue weighted by Gasteiger charge is 2.13. The maximum absolute atomic E-state index is 5.98. The zero-order valence-corrected chi connectivity index (χ0v) is 12.1. The van der Waals surface area contributed by atoms with E-state index in [4.69, 9.17) is 17.3 Å². The minimum atomic E-state index is 0.193. The van der Waals surface area contributed by atoms with Gasteiger partial charge in [-0.2, -0.15) is 0 Å². The van der Waals surface area contributed by atoms with E-state index in [1.807, 2.05) is 0 Å². The number of nitrogens with two attached hydrogens (primary N) is 1. The quantitative estimate of drug-likeness (QED) is 0.683. The fraction of sp³-hybridized carbons (Fsp3) is 0.143. The standard InChI is InChI=1S/C14H12ClN3S/c1-7-3-4-9(5-8(7)2)10-6-19-13-11(10)12(16)17-14(15)18-13/h3-6H,1-2H3,(H2,16,17,18). The highest BCUT2D eigenvalue weighted by molar-refractivity contribution is 7.17. The first-order chi connectivity index (χ1) is 9.06. The molecule has 0 saturated carbocycles. The molecule has 0 bridgehead atoms. The number of halogens is 1. The summed E-state index contributed by atoms with van der Waals surface area (Å²) in [4.78, 5) is 9.08. The van der Waals surface area contributed by atoms with Gasteiger partial charge in [0.15, 0.2) is 0 Å². The Hall–Kier alpha value is -1.65. The zero-order chi connectivity index (χ0) is 13.6. The lowest BCUT2D eigenvalue weighted by Crippen LogP contribution is -1.94. The van der Waals surface area contributed by atoms with Gasteiger partial charge in [-0.05, 0) is 42.1 Å². The Morgan fingerprint density at radius 1 is 1.16 bits per heavy atom. The van der Waals surface area contributed by atoms with Crippen LogP contribution in [0.15, 0.2) is 23.6 Å². The van der Waals surface area contributed by atoms with Crippen LogP contribution in [0.2, 0.25) is 5.28 Å². The number of nitrogens with zero attached hydrogens (tertiary/aromatic N) is 2. The Labute approximate surface area is 120 Å². The van der Waals surface area contributed by atoms with Crippen LogP contribution in [0.4, 0.5) is 5.82 Å². The summed E-state index contributed by atoms with van der Waals surface area (Å²) in [5.41, 5.74) is 10.7. The molecule has 0 fully saturated rings. The lowest BCUT2D eigenvalue weighted by atomic mass is 10.0. The number of fused-ring (bicyclic) bond motifs is 1. The van der Waals surface area contributed by atoms with E-state index in [1.54, 1.807) is 0 Å². The minimum Gasteiger partial charge on any atom is -0.383 e. The second kappa shape index (κ2) is 4.47. The number of anilines is 1. The zero-order valence-electron chi connectivity index (χ0n) is 10.6. The molecule has 3 rings (SSSR count). The van der Waals surface area contributed by atoms with Crippen molar-refractivity contribution in [2.45, 2.75) is 13.8 Å². The monoisotopic (exact) mass is 289 g/mol. The first-order valence-corrected chi connectivity index (χ1v) is 7.10. The Morgan fingerprint density at radius 2 is 1.95 bits per heavy atom. The van der Waals surface area contributed by atoms with E-state index in [0.717, 1.165) is 21.3 Å². The number of aromatic nitrogens is 2. The summed E-state index contributed by atoms with van der Waals surface area (Å²) in [5.74, 6) is 0.435. The van der Waals surface area contributed by atoms with Crippen LogP contribution in [-0.4, -0.2) is 9.97 Å². The lowest BCUT2D eigenvalue weighted by molar-refractivity contribution is 1.24. The molecule has 0 spiro atoms. The van der Waals surface area contributed by atoms with Gasteiger partial charge in [0.05, 0.1) is 5.39 Å². The van der Waals surface area contributed by atoms with Crippen LogP contribution in [-0.2, 0) is 0 Å². The van der Waals surface area contributed by atoms with Gasteiger partial charge in [-0.3, -0.25) is 0 Å². The van der Waals surface area contributed by atoms with Crippen molar-refractivity contribution < 1.29 is 0 Å². The molecule has 0 unspecified atom stereocenters. The van der Waals surface area contributed by atoms with Gasteiger partial charge in [0.2, 0.25) is 5.28 Å². The van der Waals surface area contributed by atoms with Gasteiger partial charge in [-0.15, -0.1) is 11.3 Å². The summed E-state index contributed by atoms with van der Waals surface area (Å²) >= 11 is 7.36. The molecule has 0 atom stereocenters. The predicted molar refractivity (Wildman–Crippen MR) is 81.7 cm³/mol. The number of thiophene rings is 1. The molecule has 0 aliphatic carbocycles. The van der Waals surface area contributed by atoms with Crippen molar-refractivity contribution in [2.24, 2.45) is 0 Å². The Morgan fingerprint density at radius 3 is 2.68 bits per heavy atom. The Balaban J connectivity index is 2.28. The fourth-order valence-corrected chi connectivity index (χ4v) is 3.24. The molecule has 1 aromatic carbocycles. The topological polar surface area (TPSA) is 51.8 Å². The van der Waals surface area contributed by atoms with Crippen molar-refractivity contribution >= 4 is 39.0 Å². The van der Waals surface area contributed by atoms with Gasteiger partial charge in [0, 0.05) is 10.9 Å². The summed E-state index contributed by atoms with van der Waals surface area (Å²) in [6.07, 6.45) is 0. The normalized spacial score (nSPS) is 11.1. The molecular formula is C14H12ClN3S. The lowest BCUT2D eigenvalue weighted by Gasteiger charge is -2.05. The third-order valence-electron chi connectivity index (χ3n) is 3.25. The minimum absolute atomic E-state index is 0.193. The summed E-state index contributed by atoms with van der Waals surface area (Å²) < 4.78 is 0. The first-order valence-electron chi connectivity index (χ1n) is 5.84. The molecule has 0 amide bonds. The van der Waals surface area contributed by atoms with Gasteiger partial charge in [0.1, 0.15) is 10.6 Å². The Bertz CT molecular complexity index is 780.